The van der Waals surface area contributed by atoms with Crippen molar-refractivity contribution in [2.24, 2.45) is 0 Å². The molecule has 0 saturated carbocycles. The van der Waals surface area contributed by atoms with E-state index in [1.165, 1.54) is 0 Å². The summed E-state index contributed by atoms with van der Waals surface area (Å²) in [6.07, 6.45) is 0. The number of amides is 1. The van der Waals surface area contributed by atoms with Crippen molar-refractivity contribution in [3.05, 3.63) is 102 Å². The Labute approximate surface area is 170 Å². The molecule has 1 aromatic heterocycles. The maximum absolute atomic E-state index is 13.1. The van der Waals surface area contributed by atoms with Gasteiger partial charge in [-0.15, -0.1) is 0 Å². The third kappa shape index (κ3) is 4.39. The van der Waals surface area contributed by atoms with Gasteiger partial charge in [-0.3, -0.25) is 10.1 Å². The summed E-state index contributed by atoms with van der Waals surface area (Å²) < 4.78 is 5.98. The zero-order chi connectivity index (χ0) is 20.2. The van der Waals surface area contributed by atoms with Crippen LogP contribution in [0.1, 0.15) is 35.9 Å². The van der Waals surface area contributed by atoms with Crippen molar-refractivity contribution in [1.29, 1.82) is 0 Å². The second kappa shape index (κ2) is 8.33. The predicted octanol–water partition coefficient (Wildman–Crippen LogP) is 5.77. The van der Waals surface area contributed by atoms with E-state index in [2.05, 4.69) is 10.6 Å². The highest BCUT2D eigenvalue weighted by atomic mass is 16.3. The summed E-state index contributed by atoms with van der Waals surface area (Å²) in [5, 5.41) is 7.51. The molecule has 2 atom stereocenters. The van der Waals surface area contributed by atoms with E-state index in [-0.39, 0.29) is 11.9 Å². The normalized spacial score (nSPS) is 13.2. The Balaban J connectivity index is 1.58. The molecule has 4 aromatic rings. The molecule has 0 saturated heterocycles. The molecule has 1 heterocycles. The first-order chi connectivity index (χ1) is 14.1. The molecule has 3 aromatic carbocycles. The zero-order valence-corrected chi connectivity index (χ0v) is 16.6. The quantitative estimate of drug-likeness (QED) is 0.444. The molecule has 0 aliphatic rings. The number of hydrogen-bond donors (Lipinski definition) is 2. The van der Waals surface area contributed by atoms with Gasteiger partial charge in [0.05, 0.1) is 6.04 Å². The molecule has 0 fully saturated rings. The highest BCUT2D eigenvalue weighted by molar-refractivity contribution is 5.95. The minimum Gasteiger partial charge on any atom is -0.459 e. The first-order valence-corrected chi connectivity index (χ1v) is 9.77. The molecular weight excluding hydrogens is 360 g/mol. The predicted molar refractivity (Wildman–Crippen MR) is 117 cm³/mol. The summed E-state index contributed by atoms with van der Waals surface area (Å²) in [7, 11) is 0. The van der Waals surface area contributed by atoms with Crippen molar-refractivity contribution in [3.63, 3.8) is 0 Å². The van der Waals surface area contributed by atoms with E-state index in [0.717, 1.165) is 33.5 Å². The van der Waals surface area contributed by atoms with Crippen LogP contribution in [0.5, 0.6) is 0 Å². The van der Waals surface area contributed by atoms with Gasteiger partial charge in [-0.25, -0.2) is 0 Å². The molecule has 0 spiro atoms. The topological polar surface area (TPSA) is 54.3 Å². The molecule has 2 unspecified atom stereocenters. The SMILES string of the molecule is Cc1ccc(NC(=O)C(NC(C)c2cc3ccccc3o2)c2ccccc2)cc1. The Hall–Kier alpha value is -3.37. The molecular formula is C25H24N2O2. The van der Waals surface area contributed by atoms with Crippen molar-refractivity contribution in [2.75, 3.05) is 5.32 Å². The van der Waals surface area contributed by atoms with Gasteiger partial charge in [-0.1, -0.05) is 66.2 Å². The number of fused-ring (bicyclic) bond motifs is 1. The summed E-state index contributed by atoms with van der Waals surface area (Å²) in [5.74, 6) is 0.693. The van der Waals surface area contributed by atoms with Crippen LogP contribution in [-0.4, -0.2) is 5.91 Å². The van der Waals surface area contributed by atoms with Crippen molar-refractivity contribution in [3.8, 4) is 0 Å². The number of carbonyl (C=O) groups is 1. The fourth-order valence-corrected chi connectivity index (χ4v) is 3.37. The van der Waals surface area contributed by atoms with E-state index in [1.807, 2.05) is 98.8 Å². The highest BCUT2D eigenvalue weighted by Crippen LogP contribution is 2.26. The summed E-state index contributed by atoms with van der Waals surface area (Å²) in [6, 6.07) is 26.8. The third-order valence-corrected chi connectivity index (χ3v) is 5.00. The van der Waals surface area contributed by atoms with E-state index in [9.17, 15) is 4.79 Å². The van der Waals surface area contributed by atoms with Crippen LogP contribution in [0.3, 0.4) is 0 Å². The Morgan fingerprint density at radius 3 is 2.31 bits per heavy atom. The van der Waals surface area contributed by atoms with Crippen LogP contribution in [0.2, 0.25) is 0 Å². The van der Waals surface area contributed by atoms with E-state index in [0.29, 0.717) is 0 Å². The fourth-order valence-electron chi connectivity index (χ4n) is 3.37. The second-order valence-corrected chi connectivity index (χ2v) is 7.27. The maximum atomic E-state index is 13.1. The standard InChI is InChI=1S/C25H24N2O2/c1-17-12-14-21(15-13-17)27-25(28)24(19-8-4-3-5-9-19)26-18(2)23-16-20-10-6-7-11-22(20)29-23/h3-16,18,24,26H,1-2H3,(H,27,28). The average molecular weight is 384 g/mol. The number of anilines is 1. The van der Waals surface area contributed by atoms with E-state index < -0.39 is 6.04 Å². The molecule has 29 heavy (non-hydrogen) atoms. The van der Waals surface area contributed by atoms with Gasteiger partial charge in [-0.2, -0.15) is 0 Å². The minimum absolute atomic E-state index is 0.108. The van der Waals surface area contributed by atoms with Gasteiger partial charge in [-0.05, 0) is 43.7 Å². The Morgan fingerprint density at radius 1 is 0.897 bits per heavy atom. The molecule has 1 amide bonds. The lowest BCUT2D eigenvalue weighted by atomic mass is 10.0. The summed E-state index contributed by atoms with van der Waals surface area (Å²) in [4.78, 5) is 13.1. The van der Waals surface area contributed by atoms with Gasteiger partial charge in [0.25, 0.3) is 0 Å². The number of rotatable bonds is 6. The van der Waals surface area contributed by atoms with Crippen LogP contribution in [0.15, 0.2) is 89.3 Å². The number of nitrogens with one attached hydrogen (secondary N) is 2. The summed E-state index contributed by atoms with van der Waals surface area (Å²) >= 11 is 0. The molecule has 4 heteroatoms. The van der Waals surface area contributed by atoms with Gasteiger partial charge in [0, 0.05) is 11.1 Å². The Bertz CT molecular complexity index is 1070. The molecule has 2 N–H and O–H groups in total. The Kier molecular flexibility index (Phi) is 5.45. The van der Waals surface area contributed by atoms with E-state index in [4.69, 9.17) is 4.42 Å². The number of benzene rings is 3. The summed E-state index contributed by atoms with van der Waals surface area (Å²) in [5.41, 5.74) is 3.68. The highest BCUT2D eigenvalue weighted by Gasteiger charge is 2.24. The van der Waals surface area contributed by atoms with E-state index in [1.54, 1.807) is 0 Å². The molecule has 0 aliphatic carbocycles. The molecule has 0 aliphatic heterocycles. The monoisotopic (exact) mass is 384 g/mol. The number of aryl methyl sites for hydroxylation is 1. The van der Waals surface area contributed by atoms with Crippen molar-refractivity contribution >= 4 is 22.6 Å². The van der Waals surface area contributed by atoms with Gasteiger partial charge >= 0.3 is 0 Å². The molecule has 0 radical (unpaired) electrons. The third-order valence-electron chi connectivity index (χ3n) is 5.00. The molecule has 4 nitrogen and oxygen atoms in total. The van der Waals surface area contributed by atoms with Gasteiger partial charge < -0.3 is 9.73 Å². The molecule has 4 rings (SSSR count). The maximum Gasteiger partial charge on any atom is 0.246 e. The van der Waals surface area contributed by atoms with Crippen LogP contribution in [0, 0.1) is 6.92 Å². The van der Waals surface area contributed by atoms with Crippen LogP contribution in [-0.2, 0) is 4.79 Å². The first-order valence-electron chi connectivity index (χ1n) is 9.77. The largest absolute Gasteiger partial charge is 0.459 e. The average Bonchev–Trinajstić information content (AvgIpc) is 3.18. The van der Waals surface area contributed by atoms with Crippen LogP contribution < -0.4 is 10.6 Å². The van der Waals surface area contributed by atoms with Gasteiger partial charge in [0.2, 0.25) is 5.91 Å². The summed E-state index contributed by atoms with van der Waals surface area (Å²) in [6.45, 7) is 4.03. The van der Waals surface area contributed by atoms with Gasteiger partial charge in [0.15, 0.2) is 0 Å². The Morgan fingerprint density at radius 2 is 1.59 bits per heavy atom. The minimum atomic E-state index is -0.513. The van der Waals surface area contributed by atoms with Gasteiger partial charge in [0.1, 0.15) is 17.4 Å². The molecule has 0 bridgehead atoms. The van der Waals surface area contributed by atoms with Crippen LogP contribution in [0.4, 0.5) is 5.69 Å². The second-order valence-electron chi connectivity index (χ2n) is 7.27. The lowest BCUT2D eigenvalue weighted by Crippen LogP contribution is -2.34. The lowest BCUT2D eigenvalue weighted by molar-refractivity contribution is -0.118. The van der Waals surface area contributed by atoms with Crippen molar-refractivity contribution in [2.45, 2.75) is 25.9 Å². The van der Waals surface area contributed by atoms with Crippen molar-refractivity contribution in [1.82, 2.24) is 5.32 Å². The number of para-hydroxylation sites is 1. The number of furan rings is 1. The van der Waals surface area contributed by atoms with E-state index >= 15 is 0 Å². The molecule has 146 valence electrons. The first kappa shape index (κ1) is 19.0. The van der Waals surface area contributed by atoms with Crippen LogP contribution >= 0.6 is 0 Å². The smallest absolute Gasteiger partial charge is 0.246 e. The number of carbonyl (C=O) groups excluding carboxylic acids is 1. The number of hydrogen-bond acceptors (Lipinski definition) is 3. The van der Waals surface area contributed by atoms with Crippen molar-refractivity contribution < 1.29 is 9.21 Å². The lowest BCUT2D eigenvalue weighted by Gasteiger charge is -2.22. The zero-order valence-electron chi connectivity index (χ0n) is 16.6. The van der Waals surface area contributed by atoms with Crippen LogP contribution in [0.25, 0.3) is 11.0 Å². The fraction of sp³-hybridized carbons (Fsp3) is 0.160.